The van der Waals surface area contributed by atoms with Gasteiger partial charge in [-0.25, -0.2) is 0 Å². The fraction of sp³-hybridized carbons (Fsp3) is 0.342. The summed E-state index contributed by atoms with van der Waals surface area (Å²) in [5, 5.41) is 16.1. The largest absolute Gasteiger partial charge is 0.272 e. The van der Waals surface area contributed by atoms with Crippen molar-refractivity contribution in [3.8, 4) is 6.07 Å². The lowest BCUT2D eigenvalue weighted by Crippen LogP contribution is -2.46. The van der Waals surface area contributed by atoms with Gasteiger partial charge in [0.05, 0.1) is 17.2 Å². The zero-order valence-electron chi connectivity index (χ0n) is 26.3. The van der Waals surface area contributed by atoms with Gasteiger partial charge in [-0.1, -0.05) is 51.7 Å². The number of imide groups is 2. The minimum absolute atomic E-state index is 0.234. The molecule has 2 atom stereocenters. The number of benzene rings is 5. The van der Waals surface area contributed by atoms with Crippen LogP contribution in [0.3, 0.4) is 0 Å². The van der Waals surface area contributed by atoms with E-state index in [9.17, 15) is 24.4 Å². The smallest absolute Gasteiger partial charge is 0.261 e. The van der Waals surface area contributed by atoms with Crippen molar-refractivity contribution in [3.05, 3.63) is 69.8 Å². The molecule has 7 rings (SSSR count). The Morgan fingerprint density at radius 1 is 0.622 bits per heavy atom. The van der Waals surface area contributed by atoms with Gasteiger partial charge in [-0.2, -0.15) is 5.26 Å². The summed E-state index contributed by atoms with van der Waals surface area (Å²) in [7, 11) is 0. The SMILES string of the molecule is CCCCC(C)N1C(=O)c2ccc3c4c(C#N)cc5c6c(ccc(c7c(C)cc(c2c37)C1=O)c64)C(=O)N(C(C)CCCC)C5=O. The van der Waals surface area contributed by atoms with Gasteiger partial charge in [0.15, 0.2) is 0 Å². The van der Waals surface area contributed by atoms with Crippen LogP contribution < -0.4 is 0 Å². The Kier molecular flexibility index (Phi) is 6.67. The van der Waals surface area contributed by atoms with Crippen molar-refractivity contribution in [1.82, 2.24) is 9.80 Å². The summed E-state index contributed by atoms with van der Waals surface area (Å²) < 4.78 is 0. The van der Waals surface area contributed by atoms with E-state index >= 15 is 0 Å². The van der Waals surface area contributed by atoms with Crippen molar-refractivity contribution >= 4 is 66.7 Å². The Morgan fingerprint density at radius 2 is 1.07 bits per heavy atom. The lowest BCUT2D eigenvalue weighted by Gasteiger charge is -2.34. The summed E-state index contributed by atoms with van der Waals surface area (Å²) in [6, 6.07) is 12.7. The number of amides is 4. The van der Waals surface area contributed by atoms with Gasteiger partial charge in [-0.05, 0) is 85.0 Å². The molecule has 2 heterocycles. The minimum atomic E-state index is -0.377. The third-order valence-corrected chi connectivity index (χ3v) is 10.1. The van der Waals surface area contributed by atoms with E-state index in [1.165, 1.54) is 9.80 Å². The van der Waals surface area contributed by atoms with E-state index in [1.54, 1.807) is 18.2 Å². The highest BCUT2D eigenvalue weighted by molar-refractivity contribution is 6.42. The molecule has 2 aliphatic heterocycles. The summed E-state index contributed by atoms with van der Waals surface area (Å²) in [6.45, 7) is 9.95. The van der Waals surface area contributed by atoms with Crippen molar-refractivity contribution in [2.75, 3.05) is 0 Å². The predicted octanol–water partition coefficient (Wildman–Crippen LogP) is 8.27. The van der Waals surface area contributed by atoms with Crippen molar-refractivity contribution in [2.45, 2.75) is 85.2 Å². The average molecular weight is 598 g/mol. The first kappa shape index (κ1) is 28.9. The van der Waals surface area contributed by atoms with Crippen molar-refractivity contribution < 1.29 is 19.2 Å². The molecule has 0 saturated carbocycles. The Balaban J connectivity index is 1.56. The molecule has 226 valence electrons. The number of aryl methyl sites for hydroxylation is 1. The number of unbranched alkanes of at least 4 members (excludes halogenated alkanes) is 2. The molecule has 4 amide bonds. The highest BCUT2D eigenvalue weighted by Crippen LogP contribution is 2.48. The maximum absolute atomic E-state index is 14.0. The maximum atomic E-state index is 14.0. The molecule has 0 saturated heterocycles. The van der Waals surface area contributed by atoms with Crippen LogP contribution in [0, 0.1) is 18.3 Å². The van der Waals surface area contributed by atoms with Crippen LogP contribution in [0.5, 0.6) is 0 Å². The fourth-order valence-electron chi connectivity index (χ4n) is 7.85. The molecule has 0 fully saturated rings. The molecule has 5 aromatic rings. The molecule has 5 aromatic carbocycles. The summed E-state index contributed by atoms with van der Waals surface area (Å²) in [5.41, 5.74) is 2.95. The van der Waals surface area contributed by atoms with Crippen LogP contribution in [-0.2, 0) is 0 Å². The molecule has 0 aliphatic carbocycles. The zero-order valence-corrected chi connectivity index (χ0v) is 26.3. The third kappa shape index (κ3) is 3.81. The van der Waals surface area contributed by atoms with Crippen LogP contribution in [0.4, 0.5) is 0 Å². The van der Waals surface area contributed by atoms with Crippen LogP contribution in [0.1, 0.15) is 119 Å². The molecule has 0 bridgehead atoms. The molecule has 0 N–H and O–H groups in total. The summed E-state index contributed by atoms with van der Waals surface area (Å²) in [4.78, 5) is 58.6. The zero-order chi connectivity index (χ0) is 31.9. The molecule has 7 heteroatoms. The van der Waals surface area contributed by atoms with E-state index in [4.69, 9.17) is 0 Å². The summed E-state index contributed by atoms with van der Waals surface area (Å²) in [5.74, 6) is -1.30. The third-order valence-electron chi connectivity index (χ3n) is 10.1. The van der Waals surface area contributed by atoms with Gasteiger partial charge in [0.1, 0.15) is 0 Å². The predicted molar refractivity (Wildman–Crippen MR) is 176 cm³/mol. The van der Waals surface area contributed by atoms with Crippen molar-refractivity contribution in [1.29, 1.82) is 5.26 Å². The second-order valence-corrected chi connectivity index (χ2v) is 12.8. The molecular weight excluding hydrogens is 562 g/mol. The number of carbonyl (C=O) groups is 4. The highest BCUT2D eigenvalue weighted by atomic mass is 16.2. The van der Waals surface area contributed by atoms with E-state index in [-0.39, 0.29) is 35.7 Å². The number of nitriles is 1. The Morgan fingerprint density at radius 3 is 1.56 bits per heavy atom. The number of rotatable bonds is 8. The normalized spacial score (nSPS) is 16.1. The molecule has 2 unspecified atom stereocenters. The van der Waals surface area contributed by atoms with Gasteiger partial charge < -0.3 is 0 Å². The minimum Gasteiger partial charge on any atom is -0.272 e. The van der Waals surface area contributed by atoms with Crippen LogP contribution >= 0.6 is 0 Å². The monoisotopic (exact) mass is 597 g/mol. The molecule has 45 heavy (non-hydrogen) atoms. The number of hydrogen-bond acceptors (Lipinski definition) is 5. The topological polar surface area (TPSA) is 98.6 Å². The van der Waals surface area contributed by atoms with Gasteiger partial charge in [-0.3, -0.25) is 29.0 Å². The van der Waals surface area contributed by atoms with Gasteiger partial charge in [0, 0.05) is 50.3 Å². The van der Waals surface area contributed by atoms with E-state index in [0.29, 0.717) is 55.8 Å². The van der Waals surface area contributed by atoms with E-state index in [2.05, 4.69) is 19.9 Å². The van der Waals surface area contributed by atoms with Crippen molar-refractivity contribution in [3.63, 3.8) is 0 Å². The van der Waals surface area contributed by atoms with Crippen molar-refractivity contribution in [2.24, 2.45) is 0 Å². The Labute approximate surface area is 261 Å². The second kappa shape index (κ2) is 10.4. The number of hydrogen-bond donors (Lipinski definition) is 0. The van der Waals surface area contributed by atoms with Gasteiger partial charge >= 0.3 is 0 Å². The van der Waals surface area contributed by atoms with Crippen LogP contribution in [-0.4, -0.2) is 45.5 Å². The average Bonchev–Trinajstić information content (AvgIpc) is 3.03. The van der Waals surface area contributed by atoms with Gasteiger partial charge in [-0.15, -0.1) is 0 Å². The number of nitrogens with zero attached hydrogens (tertiary/aromatic N) is 3. The molecular formula is C38H35N3O4. The highest BCUT2D eigenvalue weighted by Gasteiger charge is 2.40. The molecule has 0 radical (unpaired) electrons. The van der Waals surface area contributed by atoms with Crippen LogP contribution in [0.2, 0.25) is 0 Å². The molecule has 7 nitrogen and oxygen atoms in total. The van der Waals surface area contributed by atoms with Gasteiger partial charge in [0.25, 0.3) is 23.6 Å². The first-order chi connectivity index (χ1) is 21.7. The van der Waals surface area contributed by atoms with E-state index in [0.717, 1.165) is 59.2 Å². The quantitative estimate of drug-likeness (QED) is 0.102. The molecule has 0 aromatic heterocycles. The van der Waals surface area contributed by atoms with E-state index < -0.39 is 0 Å². The number of fused-ring (bicyclic) bond motifs is 2. The van der Waals surface area contributed by atoms with Crippen LogP contribution in [0.15, 0.2) is 36.4 Å². The maximum Gasteiger partial charge on any atom is 0.261 e. The standard InChI is InChI=1S/C38H35N3O4/c1-6-8-10-20(4)40-35(42)25-15-13-24-30-22(18-39)17-28-32-26(36(43)41(38(28)45)21(5)11-9-7-2)14-12-23(34(30)32)29-19(3)16-27(37(40)44)31(25)33(24)29/h12-17,20-21H,6-11H2,1-5H3. The van der Waals surface area contributed by atoms with Gasteiger partial charge in [0.2, 0.25) is 0 Å². The lowest BCUT2D eigenvalue weighted by atomic mass is 9.79. The fourth-order valence-corrected chi connectivity index (χ4v) is 7.85. The summed E-state index contributed by atoms with van der Waals surface area (Å²) >= 11 is 0. The molecule has 2 aliphatic rings. The first-order valence-electron chi connectivity index (χ1n) is 16.1. The second-order valence-electron chi connectivity index (χ2n) is 12.8. The molecule has 0 spiro atoms. The van der Waals surface area contributed by atoms with E-state index in [1.807, 2.05) is 39.0 Å². The lowest BCUT2D eigenvalue weighted by molar-refractivity contribution is 0.0527. The van der Waals surface area contributed by atoms with Crippen LogP contribution in [0.25, 0.3) is 43.1 Å². The Hall–Kier alpha value is -4.83. The summed E-state index contributed by atoms with van der Waals surface area (Å²) in [6.07, 6.45) is 5.19. The number of carbonyl (C=O) groups excluding carboxylic acids is 4. The Bertz CT molecular complexity index is 2190. The first-order valence-corrected chi connectivity index (χ1v) is 16.1.